The van der Waals surface area contributed by atoms with Gasteiger partial charge in [-0.25, -0.2) is 0 Å². The van der Waals surface area contributed by atoms with E-state index in [1.54, 1.807) is 0 Å². The van der Waals surface area contributed by atoms with Crippen molar-refractivity contribution in [2.24, 2.45) is 23.0 Å². The van der Waals surface area contributed by atoms with Crippen LogP contribution in [0.1, 0.15) is 26.7 Å². The van der Waals surface area contributed by atoms with Crippen LogP contribution in [0, 0.1) is 17.3 Å². The zero-order valence-corrected chi connectivity index (χ0v) is 7.71. The van der Waals surface area contributed by atoms with E-state index in [2.05, 4.69) is 13.8 Å². The minimum atomic E-state index is -0.723. The molecule has 3 atom stereocenters. The average Bonchev–Trinajstić information content (AvgIpc) is 2.00. The Hall–Kier alpha value is -0.570. The summed E-state index contributed by atoms with van der Waals surface area (Å²) in [5, 5.41) is 8.73. The molecule has 0 aromatic rings. The van der Waals surface area contributed by atoms with Crippen LogP contribution >= 0.6 is 0 Å². The lowest BCUT2D eigenvalue weighted by Gasteiger charge is -2.52. The van der Waals surface area contributed by atoms with Crippen LogP contribution in [0.25, 0.3) is 0 Å². The monoisotopic (exact) mass is 171 g/mol. The number of carboxylic acid groups (broad SMARTS) is 1. The molecule has 1 saturated carbocycles. The van der Waals surface area contributed by atoms with Crippen molar-refractivity contribution < 1.29 is 9.90 Å². The Morgan fingerprint density at radius 1 is 1.58 bits per heavy atom. The predicted octanol–water partition coefficient (Wildman–Crippen LogP) is 1.08. The van der Waals surface area contributed by atoms with Gasteiger partial charge in [0, 0.05) is 0 Å². The number of rotatable bonds is 3. The van der Waals surface area contributed by atoms with Gasteiger partial charge in [0.2, 0.25) is 0 Å². The molecular formula is C9H17NO2. The predicted molar refractivity (Wildman–Crippen MR) is 46.7 cm³/mol. The number of aliphatic carboxylic acids is 1. The van der Waals surface area contributed by atoms with Crippen molar-refractivity contribution in [1.29, 1.82) is 0 Å². The number of hydrogen-bond acceptors (Lipinski definition) is 2. The van der Waals surface area contributed by atoms with E-state index < -0.39 is 5.97 Å². The van der Waals surface area contributed by atoms with Gasteiger partial charge in [-0.05, 0) is 30.2 Å². The number of carboxylic acids is 1. The summed E-state index contributed by atoms with van der Waals surface area (Å²) in [6, 6.07) is 0. The summed E-state index contributed by atoms with van der Waals surface area (Å²) < 4.78 is 0. The van der Waals surface area contributed by atoms with Crippen LogP contribution in [0.5, 0.6) is 0 Å². The van der Waals surface area contributed by atoms with Gasteiger partial charge in [0.1, 0.15) is 0 Å². The van der Waals surface area contributed by atoms with E-state index in [-0.39, 0.29) is 11.8 Å². The first-order valence-corrected chi connectivity index (χ1v) is 4.45. The molecule has 12 heavy (non-hydrogen) atoms. The van der Waals surface area contributed by atoms with E-state index in [0.717, 1.165) is 6.42 Å². The first-order valence-electron chi connectivity index (χ1n) is 4.45. The molecule has 1 aliphatic carbocycles. The van der Waals surface area contributed by atoms with Crippen molar-refractivity contribution in [3.05, 3.63) is 0 Å². The maximum atomic E-state index is 10.6. The highest BCUT2D eigenvalue weighted by Crippen LogP contribution is 2.52. The van der Waals surface area contributed by atoms with Gasteiger partial charge < -0.3 is 10.8 Å². The summed E-state index contributed by atoms with van der Waals surface area (Å²) in [7, 11) is 0. The maximum Gasteiger partial charge on any atom is 0.303 e. The Bertz CT molecular complexity index is 183. The third-order valence-corrected chi connectivity index (χ3v) is 3.53. The summed E-state index contributed by atoms with van der Waals surface area (Å²) >= 11 is 0. The Kier molecular flexibility index (Phi) is 2.42. The first-order chi connectivity index (χ1) is 5.53. The molecule has 0 saturated heterocycles. The second-order valence-corrected chi connectivity index (χ2v) is 4.05. The molecule has 0 heterocycles. The zero-order valence-electron chi connectivity index (χ0n) is 7.71. The fourth-order valence-electron chi connectivity index (χ4n) is 2.43. The van der Waals surface area contributed by atoms with Crippen LogP contribution in [0.15, 0.2) is 0 Å². The van der Waals surface area contributed by atoms with E-state index in [4.69, 9.17) is 10.8 Å². The van der Waals surface area contributed by atoms with Crippen LogP contribution < -0.4 is 5.73 Å². The molecule has 1 fully saturated rings. The summed E-state index contributed by atoms with van der Waals surface area (Å²) in [4.78, 5) is 10.6. The highest BCUT2D eigenvalue weighted by atomic mass is 16.4. The van der Waals surface area contributed by atoms with Crippen molar-refractivity contribution >= 4 is 5.97 Å². The minimum absolute atomic E-state index is 0.119. The van der Waals surface area contributed by atoms with Crippen molar-refractivity contribution in [2.75, 3.05) is 6.54 Å². The van der Waals surface area contributed by atoms with Gasteiger partial charge in [0.05, 0.1) is 6.42 Å². The van der Waals surface area contributed by atoms with Crippen LogP contribution in [-0.2, 0) is 4.79 Å². The fourth-order valence-corrected chi connectivity index (χ4v) is 2.43. The number of carbonyl (C=O) groups is 1. The molecule has 0 amide bonds. The van der Waals surface area contributed by atoms with E-state index in [0.29, 0.717) is 18.4 Å². The van der Waals surface area contributed by atoms with Crippen molar-refractivity contribution in [3.63, 3.8) is 0 Å². The Labute approximate surface area is 72.9 Å². The van der Waals surface area contributed by atoms with Gasteiger partial charge in [-0.3, -0.25) is 4.79 Å². The molecule has 0 bridgehead atoms. The van der Waals surface area contributed by atoms with Crippen LogP contribution in [0.4, 0.5) is 0 Å². The second kappa shape index (κ2) is 3.05. The summed E-state index contributed by atoms with van der Waals surface area (Å²) in [6.45, 7) is 4.69. The average molecular weight is 171 g/mol. The lowest BCUT2D eigenvalue weighted by Crippen LogP contribution is -2.52. The van der Waals surface area contributed by atoms with Crippen molar-refractivity contribution in [1.82, 2.24) is 0 Å². The lowest BCUT2D eigenvalue weighted by atomic mass is 9.52. The van der Waals surface area contributed by atoms with E-state index in [1.165, 1.54) is 0 Å². The molecule has 3 nitrogen and oxygen atoms in total. The molecule has 1 rings (SSSR count). The number of hydrogen-bond donors (Lipinski definition) is 2. The van der Waals surface area contributed by atoms with Gasteiger partial charge in [0.25, 0.3) is 0 Å². The van der Waals surface area contributed by atoms with Crippen LogP contribution in [0.3, 0.4) is 0 Å². The molecule has 2 unspecified atom stereocenters. The molecule has 0 aliphatic heterocycles. The highest BCUT2D eigenvalue weighted by molar-refractivity contribution is 5.68. The highest BCUT2D eigenvalue weighted by Gasteiger charge is 2.50. The van der Waals surface area contributed by atoms with E-state index >= 15 is 0 Å². The van der Waals surface area contributed by atoms with Crippen molar-refractivity contribution in [3.8, 4) is 0 Å². The molecule has 1 aliphatic rings. The van der Waals surface area contributed by atoms with E-state index in [1.807, 2.05) is 0 Å². The van der Waals surface area contributed by atoms with Crippen LogP contribution in [0.2, 0.25) is 0 Å². The topological polar surface area (TPSA) is 63.3 Å². The van der Waals surface area contributed by atoms with Gasteiger partial charge in [-0.15, -0.1) is 0 Å². The minimum Gasteiger partial charge on any atom is -0.481 e. The molecule has 0 radical (unpaired) electrons. The lowest BCUT2D eigenvalue weighted by molar-refractivity contribution is -0.146. The van der Waals surface area contributed by atoms with Gasteiger partial charge >= 0.3 is 5.97 Å². The molecule has 3 heteroatoms. The summed E-state index contributed by atoms with van der Waals surface area (Å²) in [6.07, 6.45) is 1.34. The van der Waals surface area contributed by atoms with Gasteiger partial charge in [0.15, 0.2) is 0 Å². The standard InChI is InChI=1S/C9H17NO2/c1-6-3-7(2)9(6,5-10)4-8(11)12/h6-7H,3-5,10H2,1-2H3,(H,11,12)/t6-,7?,9?/m1/s1. The molecule has 3 N–H and O–H groups in total. The third kappa shape index (κ3) is 1.22. The summed E-state index contributed by atoms with van der Waals surface area (Å²) in [5.74, 6) is 0.209. The maximum absolute atomic E-state index is 10.6. The van der Waals surface area contributed by atoms with Gasteiger partial charge in [-0.2, -0.15) is 0 Å². The molecule has 0 aromatic heterocycles. The summed E-state index contributed by atoms with van der Waals surface area (Å²) in [5.41, 5.74) is 5.52. The Morgan fingerprint density at radius 2 is 2.08 bits per heavy atom. The zero-order chi connectivity index (χ0) is 9.35. The fraction of sp³-hybridized carbons (Fsp3) is 0.889. The molecular weight excluding hydrogens is 154 g/mol. The molecule has 0 spiro atoms. The second-order valence-electron chi connectivity index (χ2n) is 4.05. The van der Waals surface area contributed by atoms with Crippen molar-refractivity contribution in [2.45, 2.75) is 26.7 Å². The quantitative estimate of drug-likeness (QED) is 0.668. The van der Waals surface area contributed by atoms with Crippen LogP contribution in [-0.4, -0.2) is 17.6 Å². The smallest absolute Gasteiger partial charge is 0.303 e. The third-order valence-electron chi connectivity index (χ3n) is 3.53. The van der Waals surface area contributed by atoms with E-state index in [9.17, 15) is 4.79 Å². The Morgan fingerprint density at radius 3 is 2.25 bits per heavy atom. The Balaban J connectivity index is 2.68. The molecule has 70 valence electrons. The largest absolute Gasteiger partial charge is 0.481 e. The SMILES string of the molecule is CC1C[C@@H](C)C1(CN)CC(=O)O. The normalized spacial score (nSPS) is 40.6. The number of nitrogens with two attached hydrogens (primary N) is 1. The first kappa shape index (κ1) is 9.52. The molecule has 0 aromatic carbocycles. The van der Waals surface area contributed by atoms with Gasteiger partial charge in [-0.1, -0.05) is 13.8 Å².